The third-order valence-corrected chi connectivity index (χ3v) is 7.11. The topological polar surface area (TPSA) is 119 Å². The van der Waals surface area contributed by atoms with Crippen LogP contribution in [-0.2, 0) is 19.6 Å². The van der Waals surface area contributed by atoms with Gasteiger partial charge in [0.05, 0.1) is 12.7 Å². The van der Waals surface area contributed by atoms with Gasteiger partial charge in [-0.3, -0.25) is 4.79 Å². The molecule has 33 heavy (non-hydrogen) atoms. The number of ether oxygens (including phenoxy) is 3. The van der Waals surface area contributed by atoms with Crippen LogP contribution in [0.1, 0.15) is 17.3 Å². The number of rotatable bonds is 7. The fourth-order valence-corrected chi connectivity index (χ4v) is 6.93. The number of halogens is 7. The summed E-state index contributed by atoms with van der Waals surface area (Å²) in [7, 11) is -5.85. The standard InChI is InChI=1S/C17H9F4I3O8S/c1-5(25)32-14-7(23)4-6(22)8(13(14)24)17(26)31-3-2-30-15-9(18)11(20)16(33(27,28)29)12(21)10(15)19/h4H,2-3H2,1H3,(H,27,28,29)/p-1. The number of esters is 2. The Bertz CT molecular complexity index is 1220. The van der Waals surface area contributed by atoms with Crippen molar-refractivity contribution in [1.82, 2.24) is 0 Å². The van der Waals surface area contributed by atoms with E-state index in [0.29, 0.717) is 7.14 Å². The van der Waals surface area contributed by atoms with Gasteiger partial charge in [-0.25, -0.2) is 22.0 Å². The Morgan fingerprint density at radius 2 is 1.48 bits per heavy atom. The Morgan fingerprint density at radius 3 is 1.97 bits per heavy atom. The fraction of sp³-hybridized carbons (Fsp3) is 0.176. The monoisotopic (exact) mass is 829 g/mol. The predicted octanol–water partition coefficient (Wildman–Crippen LogP) is 4.12. The molecule has 0 aromatic heterocycles. The summed E-state index contributed by atoms with van der Waals surface area (Å²) in [6, 6.07) is 1.54. The molecule has 0 aliphatic rings. The third kappa shape index (κ3) is 6.36. The lowest BCUT2D eigenvalue weighted by atomic mass is 10.2. The molecule has 0 unspecified atom stereocenters. The van der Waals surface area contributed by atoms with Crippen LogP contribution >= 0.6 is 67.8 Å². The van der Waals surface area contributed by atoms with Crippen LogP contribution < -0.4 is 9.47 Å². The zero-order valence-electron chi connectivity index (χ0n) is 15.8. The van der Waals surface area contributed by atoms with Crippen molar-refractivity contribution >= 4 is 89.8 Å². The first-order valence-electron chi connectivity index (χ1n) is 8.16. The zero-order valence-corrected chi connectivity index (χ0v) is 23.1. The van der Waals surface area contributed by atoms with Crippen molar-refractivity contribution < 1.29 is 54.3 Å². The molecule has 0 N–H and O–H groups in total. The molecule has 0 aliphatic heterocycles. The SMILES string of the molecule is CC(=O)Oc1c(I)cc(I)c(C(=O)OCCOc2c(F)c(F)c(S(=O)(=O)[O-])c(F)c2F)c1I. The summed E-state index contributed by atoms with van der Waals surface area (Å²) in [5, 5.41) is 0. The Kier molecular flexibility index (Phi) is 9.55. The van der Waals surface area contributed by atoms with Gasteiger partial charge in [-0.1, -0.05) is 0 Å². The average Bonchev–Trinajstić information content (AvgIpc) is 2.67. The number of hydrogen-bond acceptors (Lipinski definition) is 8. The summed E-state index contributed by atoms with van der Waals surface area (Å²) in [5.74, 6) is -12.5. The Labute approximate surface area is 224 Å². The number of carbonyl (C=O) groups is 2. The van der Waals surface area contributed by atoms with Crippen LogP contribution in [0.3, 0.4) is 0 Å². The Hall–Kier alpha value is -1.00. The molecule has 0 bridgehead atoms. The first-order chi connectivity index (χ1) is 15.2. The highest BCUT2D eigenvalue weighted by molar-refractivity contribution is 14.1. The van der Waals surface area contributed by atoms with Crippen LogP contribution in [0, 0.1) is 34.0 Å². The van der Waals surface area contributed by atoms with Gasteiger partial charge in [-0.15, -0.1) is 0 Å². The summed E-state index contributed by atoms with van der Waals surface area (Å²) >= 11 is 5.49. The first-order valence-corrected chi connectivity index (χ1v) is 12.8. The zero-order chi connectivity index (χ0) is 25.2. The van der Waals surface area contributed by atoms with Gasteiger partial charge in [0.2, 0.25) is 11.6 Å². The molecular formula is C17H8F4I3O8S-. The van der Waals surface area contributed by atoms with E-state index in [4.69, 9.17) is 9.47 Å². The maximum atomic E-state index is 13.9. The lowest BCUT2D eigenvalue weighted by molar-refractivity contribution is -0.132. The van der Waals surface area contributed by atoms with E-state index in [2.05, 4.69) is 4.74 Å². The Morgan fingerprint density at radius 1 is 0.939 bits per heavy atom. The maximum absolute atomic E-state index is 13.9. The van der Waals surface area contributed by atoms with Crippen molar-refractivity contribution in [3.63, 3.8) is 0 Å². The minimum Gasteiger partial charge on any atom is -0.744 e. The molecule has 8 nitrogen and oxygen atoms in total. The van der Waals surface area contributed by atoms with Crippen molar-refractivity contribution in [2.75, 3.05) is 13.2 Å². The molecule has 180 valence electrons. The second-order valence-electron chi connectivity index (χ2n) is 5.80. The van der Waals surface area contributed by atoms with Gasteiger partial charge >= 0.3 is 11.9 Å². The second-order valence-corrected chi connectivity index (χ2v) is 10.5. The molecule has 0 aliphatic carbocycles. The first kappa shape index (κ1) is 28.2. The molecule has 0 spiro atoms. The molecular weight excluding hydrogens is 821 g/mol. The van der Waals surface area contributed by atoms with Crippen LogP contribution in [0.2, 0.25) is 0 Å². The molecule has 2 aromatic rings. The molecule has 0 amide bonds. The van der Waals surface area contributed by atoms with Crippen LogP contribution in [-0.4, -0.2) is 38.1 Å². The summed E-state index contributed by atoms with van der Waals surface area (Å²) in [6.45, 7) is -0.276. The van der Waals surface area contributed by atoms with Crippen molar-refractivity contribution in [3.05, 3.63) is 45.6 Å². The van der Waals surface area contributed by atoms with E-state index >= 15 is 0 Å². The lowest BCUT2D eigenvalue weighted by Crippen LogP contribution is -2.18. The summed E-state index contributed by atoms with van der Waals surface area (Å²) < 4.78 is 104. The third-order valence-electron chi connectivity index (χ3n) is 3.57. The van der Waals surface area contributed by atoms with Crippen LogP contribution in [0.25, 0.3) is 0 Å². The minimum absolute atomic E-state index is 0.0207. The summed E-state index contributed by atoms with van der Waals surface area (Å²) in [4.78, 5) is 21.4. The van der Waals surface area contributed by atoms with Gasteiger partial charge in [0.25, 0.3) is 0 Å². The Balaban J connectivity index is 2.19. The minimum atomic E-state index is -5.85. The van der Waals surface area contributed by atoms with E-state index in [0.717, 1.165) is 0 Å². The van der Waals surface area contributed by atoms with Gasteiger partial charge in [-0.05, 0) is 73.8 Å². The molecule has 0 heterocycles. The van der Waals surface area contributed by atoms with Crippen LogP contribution in [0.5, 0.6) is 11.5 Å². The molecule has 0 saturated carbocycles. The van der Waals surface area contributed by atoms with Crippen molar-refractivity contribution in [1.29, 1.82) is 0 Å². The van der Waals surface area contributed by atoms with Gasteiger partial charge in [-0.2, -0.15) is 8.78 Å². The van der Waals surface area contributed by atoms with E-state index in [-0.39, 0.29) is 14.9 Å². The van der Waals surface area contributed by atoms with E-state index in [9.17, 15) is 40.1 Å². The normalized spacial score (nSPS) is 11.3. The largest absolute Gasteiger partial charge is 0.744 e. The molecule has 0 saturated heterocycles. The van der Waals surface area contributed by atoms with E-state index in [1.54, 1.807) is 22.6 Å². The highest BCUT2D eigenvalue weighted by Crippen LogP contribution is 2.35. The number of benzene rings is 2. The lowest BCUT2D eigenvalue weighted by Gasteiger charge is -2.15. The van der Waals surface area contributed by atoms with Gasteiger partial charge in [0.1, 0.15) is 28.2 Å². The molecule has 2 aromatic carbocycles. The highest BCUT2D eigenvalue weighted by atomic mass is 127. The van der Waals surface area contributed by atoms with E-state index in [1.165, 1.54) is 13.0 Å². The van der Waals surface area contributed by atoms with Crippen molar-refractivity contribution in [3.8, 4) is 11.5 Å². The number of carbonyl (C=O) groups excluding carboxylic acids is 2. The van der Waals surface area contributed by atoms with Gasteiger partial charge < -0.3 is 18.8 Å². The summed E-state index contributed by atoms with van der Waals surface area (Å²) in [5.41, 5.74) is 0.0207. The fourth-order valence-electron chi connectivity index (χ4n) is 2.28. The molecule has 2 rings (SSSR count). The van der Waals surface area contributed by atoms with E-state index in [1.807, 2.05) is 45.2 Å². The molecule has 0 radical (unpaired) electrons. The quantitative estimate of drug-likeness (QED) is 0.0779. The smallest absolute Gasteiger partial charge is 0.340 e. The molecule has 16 heteroatoms. The molecule has 0 atom stereocenters. The predicted molar refractivity (Wildman–Crippen MR) is 126 cm³/mol. The molecule has 0 fully saturated rings. The van der Waals surface area contributed by atoms with Crippen LogP contribution in [0.4, 0.5) is 17.6 Å². The summed E-state index contributed by atoms with van der Waals surface area (Å²) in [6.07, 6.45) is 0. The van der Waals surface area contributed by atoms with Crippen molar-refractivity contribution in [2.24, 2.45) is 0 Å². The second kappa shape index (κ2) is 11.2. The van der Waals surface area contributed by atoms with E-state index < -0.39 is 69.2 Å². The highest BCUT2D eigenvalue weighted by Gasteiger charge is 2.30. The van der Waals surface area contributed by atoms with Gasteiger partial charge in [0, 0.05) is 10.5 Å². The average molecular weight is 829 g/mol. The van der Waals surface area contributed by atoms with Crippen LogP contribution in [0.15, 0.2) is 11.0 Å². The van der Waals surface area contributed by atoms with Crippen molar-refractivity contribution in [2.45, 2.75) is 11.8 Å². The maximum Gasteiger partial charge on any atom is 0.340 e. The number of hydrogen-bond donors (Lipinski definition) is 0. The van der Waals surface area contributed by atoms with Gasteiger partial charge in [0.15, 0.2) is 23.1 Å².